The molecule has 1 N–H and O–H groups in total. The average Bonchev–Trinajstić information content (AvgIpc) is 2.99. The smallest absolute Gasteiger partial charge is 0.253 e. The van der Waals surface area contributed by atoms with Gasteiger partial charge in [-0.25, -0.2) is 4.68 Å². The molecule has 6 heteroatoms. The molecule has 28 heavy (non-hydrogen) atoms. The van der Waals surface area contributed by atoms with Gasteiger partial charge >= 0.3 is 0 Å². The van der Waals surface area contributed by atoms with E-state index in [1.54, 1.807) is 21.7 Å². The SMILES string of the molecule is Cc1nn(-c2ccc(C(=O)N(CCO)CCc3ccccc3)cc2)c(C)c1Cl. The number of aromatic nitrogens is 2. The Morgan fingerprint density at radius 1 is 1.07 bits per heavy atom. The summed E-state index contributed by atoms with van der Waals surface area (Å²) in [6.45, 7) is 4.57. The Hall–Kier alpha value is -2.63. The number of halogens is 1. The second-order valence-electron chi connectivity index (χ2n) is 6.69. The molecule has 0 saturated carbocycles. The highest BCUT2D eigenvalue weighted by atomic mass is 35.5. The number of benzene rings is 2. The van der Waals surface area contributed by atoms with Crippen molar-refractivity contribution >= 4 is 17.5 Å². The molecule has 2 aromatic carbocycles. The van der Waals surface area contributed by atoms with Crippen molar-refractivity contribution < 1.29 is 9.90 Å². The van der Waals surface area contributed by atoms with E-state index in [4.69, 9.17) is 11.6 Å². The fourth-order valence-corrected chi connectivity index (χ4v) is 3.27. The predicted molar refractivity (Wildman–Crippen MR) is 111 cm³/mol. The molecule has 0 aliphatic heterocycles. The van der Waals surface area contributed by atoms with Gasteiger partial charge in [-0.3, -0.25) is 4.79 Å². The van der Waals surface area contributed by atoms with Gasteiger partial charge in [0.2, 0.25) is 0 Å². The van der Waals surface area contributed by atoms with E-state index >= 15 is 0 Å². The van der Waals surface area contributed by atoms with Crippen LogP contribution in [0.4, 0.5) is 0 Å². The Bertz CT molecular complexity index is 936. The highest BCUT2D eigenvalue weighted by Gasteiger charge is 2.16. The number of aryl methyl sites for hydroxylation is 1. The van der Waals surface area contributed by atoms with Crippen molar-refractivity contribution in [1.29, 1.82) is 0 Å². The minimum atomic E-state index is -0.0945. The summed E-state index contributed by atoms with van der Waals surface area (Å²) in [7, 11) is 0. The van der Waals surface area contributed by atoms with Gasteiger partial charge in [-0.2, -0.15) is 5.10 Å². The molecule has 0 bridgehead atoms. The third-order valence-electron chi connectivity index (χ3n) is 4.73. The lowest BCUT2D eigenvalue weighted by molar-refractivity contribution is 0.0724. The van der Waals surface area contributed by atoms with Gasteiger partial charge in [0.05, 0.1) is 28.7 Å². The largest absolute Gasteiger partial charge is 0.395 e. The van der Waals surface area contributed by atoms with Crippen LogP contribution in [0.1, 0.15) is 27.3 Å². The first-order chi connectivity index (χ1) is 13.5. The molecule has 146 valence electrons. The molecule has 1 amide bonds. The molecule has 0 saturated heterocycles. The molecule has 0 aliphatic carbocycles. The summed E-state index contributed by atoms with van der Waals surface area (Å²) < 4.78 is 1.77. The minimum absolute atomic E-state index is 0.0666. The monoisotopic (exact) mass is 397 g/mol. The van der Waals surface area contributed by atoms with Crippen molar-refractivity contribution in [2.75, 3.05) is 19.7 Å². The van der Waals surface area contributed by atoms with Crippen LogP contribution in [0.5, 0.6) is 0 Å². The second kappa shape index (κ2) is 9.04. The van der Waals surface area contributed by atoms with Crippen LogP contribution in [-0.4, -0.2) is 45.4 Å². The number of amides is 1. The lowest BCUT2D eigenvalue weighted by Gasteiger charge is -2.22. The van der Waals surface area contributed by atoms with Gasteiger partial charge in [-0.1, -0.05) is 41.9 Å². The molecular weight excluding hydrogens is 374 g/mol. The number of hydrogen-bond donors (Lipinski definition) is 1. The predicted octanol–water partition coefficient (Wildman–Crippen LogP) is 3.82. The normalized spacial score (nSPS) is 10.9. The summed E-state index contributed by atoms with van der Waals surface area (Å²) in [6.07, 6.45) is 0.745. The Balaban J connectivity index is 1.74. The van der Waals surface area contributed by atoms with Crippen LogP contribution in [0.2, 0.25) is 5.02 Å². The molecule has 3 rings (SSSR count). The van der Waals surface area contributed by atoms with Gasteiger partial charge in [0.25, 0.3) is 5.91 Å². The number of rotatable bonds is 7. The summed E-state index contributed by atoms with van der Waals surface area (Å²) in [4.78, 5) is 14.6. The van der Waals surface area contributed by atoms with Crippen molar-refractivity contribution in [1.82, 2.24) is 14.7 Å². The number of aliphatic hydroxyl groups excluding tert-OH is 1. The van der Waals surface area contributed by atoms with Crippen LogP contribution in [0.25, 0.3) is 5.69 Å². The summed E-state index contributed by atoms with van der Waals surface area (Å²) in [5.74, 6) is -0.0945. The molecule has 0 atom stereocenters. The van der Waals surface area contributed by atoms with E-state index in [1.165, 1.54) is 0 Å². The molecule has 0 radical (unpaired) electrons. The molecule has 3 aromatic rings. The minimum Gasteiger partial charge on any atom is -0.395 e. The van der Waals surface area contributed by atoms with Crippen molar-refractivity contribution in [2.45, 2.75) is 20.3 Å². The molecule has 0 fully saturated rings. The van der Waals surface area contributed by atoms with Crippen molar-refractivity contribution in [3.8, 4) is 5.69 Å². The van der Waals surface area contributed by atoms with Gasteiger partial charge in [-0.05, 0) is 50.1 Å². The van der Waals surface area contributed by atoms with Crippen LogP contribution in [0, 0.1) is 13.8 Å². The lowest BCUT2D eigenvalue weighted by atomic mass is 10.1. The first-order valence-electron chi connectivity index (χ1n) is 9.27. The Morgan fingerprint density at radius 2 is 1.75 bits per heavy atom. The van der Waals surface area contributed by atoms with E-state index in [2.05, 4.69) is 5.10 Å². The van der Waals surface area contributed by atoms with Crippen molar-refractivity contribution in [2.24, 2.45) is 0 Å². The Kier molecular flexibility index (Phi) is 6.49. The lowest BCUT2D eigenvalue weighted by Crippen LogP contribution is -2.35. The van der Waals surface area contributed by atoms with E-state index in [0.717, 1.165) is 29.1 Å². The highest BCUT2D eigenvalue weighted by molar-refractivity contribution is 6.31. The molecule has 0 unspecified atom stereocenters. The van der Waals surface area contributed by atoms with Gasteiger partial charge in [0.1, 0.15) is 0 Å². The number of carbonyl (C=O) groups is 1. The first kappa shape index (κ1) is 20.1. The van der Waals surface area contributed by atoms with Crippen LogP contribution in [-0.2, 0) is 6.42 Å². The van der Waals surface area contributed by atoms with Crippen molar-refractivity contribution in [3.05, 3.63) is 82.1 Å². The maximum absolute atomic E-state index is 12.9. The summed E-state index contributed by atoms with van der Waals surface area (Å²) in [5, 5.41) is 14.5. The van der Waals surface area contributed by atoms with Crippen LogP contribution < -0.4 is 0 Å². The molecule has 0 aliphatic rings. The van der Waals surface area contributed by atoms with Gasteiger partial charge in [-0.15, -0.1) is 0 Å². The van der Waals surface area contributed by atoms with Crippen LogP contribution >= 0.6 is 11.6 Å². The standard InChI is InChI=1S/C22H24ClN3O2/c1-16-21(23)17(2)26(24-16)20-10-8-19(9-11-20)22(28)25(14-15-27)13-12-18-6-4-3-5-7-18/h3-11,27H,12-15H2,1-2H3. The highest BCUT2D eigenvalue weighted by Crippen LogP contribution is 2.22. The Morgan fingerprint density at radius 3 is 2.32 bits per heavy atom. The maximum atomic E-state index is 12.9. The first-order valence-corrected chi connectivity index (χ1v) is 9.65. The van der Waals surface area contributed by atoms with Crippen LogP contribution in [0.15, 0.2) is 54.6 Å². The number of hydrogen-bond acceptors (Lipinski definition) is 3. The Labute approximate surface area is 170 Å². The number of nitrogens with zero attached hydrogens (tertiary/aromatic N) is 3. The topological polar surface area (TPSA) is 58.4 Å². The van der Waals surface area contributed by atoms with Crippen LogP contribution in [0.3, 0.4) is 0 Å². The second-order valence-corrected chi connectivity index (χ2v) is 7.07. The van der Waals surface area contributed by atoms with Gasteiger partial charge < -0.3 is 10.0 Å². The van der Waals surface area contributed by atoms with E-state index < -0.39 is 0 Å². The molecule has 5 nitrogen and oxygen atoms in total. The quantitative estimate of drug-likeness (QED) is 0.659. The summed E-state index contributed by atoms with van der Waals surface area (Å²) in [6, 6.07) is 17.3. The summed E-state index contributed by atoms with van der Waals surface area (Å²) >= 11 is 6.22. The van der Waals surface area contributed by atoms with E-state index in [-0.39, 0.29) is 12.5 Å². The third kappa shape index (κ3) is 4.43. The average molecular weight is 398 g/mol. The molecule has 1 heterocycles. The number of carbonyl (C=O) groups excluding carboxylic acids is 1. The van der Waals surface area contributed by atoms with E-state index in [9.17, 15) is 9.90 Å². The zero-order valence-electron chi connectivity index (χ0n) is 16.1. The fraction of sp³-hybridized carbons (Fsp3) is 0.273. The molecular formula is C22H24ClN3O2. The van der Waals surface area contributed by atoms with Gasteiger partial charge in [0, 0.05) is 18.7 Å². The zero-order valence-corrected chi connectivity index (χ0v) is 16.9. The summed E-state index contributed by atoms with van der Waals surface area (Å²) in [5.41, 5.74) is 4.23. The number of aliphatic hydroxyl groups is 1. The third-order valence-corrected chi connectivity index (χ3v) is 5.28. The van der Waals surface area contributed by atoms with Gasteiger partial charge in [0.15, 0.2) is 0 Å². The molecule has 1 aromatic heterocycles. The van der Waals surface area contributed by atoms with Crippen molar-refractivity contribution in [3.63, 3.8) is 0 Å². The maximum Gasteiger partial charge on any atom is 0.253 e. The van der Waals surface area contributed by atoms with E-state index in [1.807, 2.05) is 56.3 Å². The van der Waals surface area contributed by atoms with E-state index in [0.29, 0.717) is 23.7 Å². The molecule has 0 spiro atoms. The fourth-order valence-electron chi connectivity index (χ4n) is 3.15. The zero-order chi connectivity index (χ0) is 20.1.